The summed E-state index contributed by atoms with van der Waals surface area (Å²) in [6.07, 6.45) is 0.865. The number of carbonyl (C=O) groups excluding carboxylic acids is 1. The molecule has 0 aliphatic rings. The van der Waals surface area contributed by atoms with Gasteiger partial charge < -0.3 is 15.2 Å². The first-order valence-corrected chi connectivity index (χ1v) is 5.48. The van der Waals surface area contributed by atoms with E-state index in [4.69, 9.17) is 9.84 Å². The Labute approximate surface area is 105 Å². The summed E-state index contributed by atoms with van der Waals surface area (Å²) in [6, 6.07) is 6.85. The number of hydrogen-bond acceptors (Lipinski definition) is 3. The van der Waals surface area contributed by atoms with Crippen molar-refractivity contribution in [2.75, 3.05) is 11.9 Å². The van der Waals surface area contributed by atoms with E-state index in [-0.39, 0.29) is 5.57 Å². The maximum atomic E-state index is 11.6. The second-order valence-corrected chi connectivity index (χ2v) is 3.58. The number of nitrogens with one attached hydrogen (secondary N) is 1. The van der Waals surface area contributed by atoms with Gasteiger partial charge in [-0.15, -0.1) is 0 Å². The Morgan fingerprint density at radius 1 is 1.33 bits per heavy atom. The quantitative estimate of drug-likeness (QED) is 0.783. The van der Waals surface area contributed by atoms with Crippen LogP contribution in [-0.4, -0.2) is 23.6 Å². The third kappa shape index (κ3) is 4.29. The van der Waals surface area contributed by atoms with Crippen molar-refractivity contribution < 1.29 is 19.4 Å². The molecule has 0 radical (unpaired) electrons. The highest BCUT2D eigenvalue weighted by Gasteiger charge is 2.06. The molecule has 0 aliphatic heterocycles. The van der Waals surface area contributed by atoms with Gasteiger partial charge >= 0.3 is 5.97 Å². The normalized spacial score (nSPS) is 10.9. The van der Waals surface area contributed by atoms with E-state index in [9.17, 15) is 9.59 Å². The van der Waals surface area contributed by atoms with E-state index in [1.807, 2.05) is 6.92 Å². The molecular weight excluding hydrogens is 234 g/mol. The van der Waals surface area contributed by atoms with Crippen LogP contribution in [0.1, 0.15) is 13.8 Å². The van der Waals surface area contributed by atoms with Crippen LogP contribution in [0.4, 0.5) is 5.69 Å². The van der Waals surface area contributed by atoms with Crippen LogP contribution in [0.15, 0.2) is 35.9 Å². The number of aliphatic carboxylic acids is 1. The van der Waals surface area contributed by atoms with Gasteiger partial charge in [0.1, 0.15) is 5.75 Å². The minimum atomic E-state index is -1.14. The van der Waals surface area contributed by atoms with Gasteiger partial charge in [0, 0.05) is 17.3 Å². The molecule has 5 nitrogen and oxygen atoms in total. The Morgan fingerprint density at radius 2 is 1.94 bits per heavy atom. The third-order valence-electron chi connectivity index (χ3n) is 2.12. The van der Waals surface area contributed by atoms with Crippen molar-refractivity contribution in [3.8, 4) is 5.75 Å². The van der Waals surface area contributed by atoms with Crippen molar-refractivity contribution >= 4 is 17.6 Å². The highest BCUT2D eigenvalue weighted by atomic mass is 16.5. The molecule has 2 N–H and O–H groups in total. The molecule has 1 aromatic carbocycles. The smallest absolute Gasteiger partial charge is 0.328 e. The van der Waals surface area contributed by atoms with E-state index in [1.54, 1.807) is 24.3 Å². The number of carboxylic acids is 1. The van der Waals surface area contributed by atoms with Gasteiger partial charge in [-0.2, -0.15) is 0 Å². The van der Waals surface area contributed by atoms with Crippen molar-refractivity contribution in [1.82, 2.24) is 0 Å². The van der Waals surface area contributed by atoms with Crippen LogP contribution < -0.4 is 10.1 Å². The molecule has 96 valence electrons. The second kappa shape index (κ2) is 6.44. The summed E-state index contributed by atoms with van der Waals surface area (Å²) in [5, 5.41) is 11.1. The molecule has 0 aliphatic carbocycles. The summed E-state index contributed by atoms with van der Waals surface area (Å²) >= 11 is 0. The number of anilines is 1. The lowest BCUT2D eigenvalue weighted by Crippen LogP contribution is -2.13. The Morgan fingerprint density at radius 3 is 2.44 bits per heavy atom. The standard InChI is InChI=1S/C13H15NO4/c1-3-18-11-6-4-10(5-7-11)14-13(17)9(2)8-12(15)16/h4-8H,3H2,1-2H3,(H,14,17)(H,15,16). The molecule has 1 aromatic rings. The zero-order valence-electron chi connectivity index (χ0n) is 10.3. The number of hydrogen-bond donors (Lipinski definition) is 2. The predicted molar refractivity (Wildman–Crippen MR) is 67.6 cm³/mol. The zero-order valence-corrected chi connectivity index (χ0v) is 10.3. The van der Waals surface area contributed by atoms with Crippen molar-refractivity contribution in [2.24, 2.45) is 0 Å². The average molecular weight is 249 g/mol. The highest BCUT2D eigenvalue weighted by Crippen LogP contribution is 2.16. The van der Waals surface area contributed by atoms with E-state index in [0.29, 0.717) is 18.0 Å². The van der Waals surface area contributed by atoms with Crippen LogP contribution in [0.3, 0.4) is 0 Å². The molecule has 0 unspecified atom stereocenters. The molecule has 1 amide bonds. The van der Waals surface area contributed by atoms with Crippen molar-refractivity contribution in [2.45, 2.75) is 13.8 Å². The fourth-order valence-electron chi connectivity index (χ4n) is 1.28. The van der Waals surface area contributed by atoms with Crippen LogP contribution in [-0.2, 0) is 9.59 Å². The molecule has 0 aromatic heterocycles. The van der Waals surface area contributed by atoms with E-state index >= 15 is 0 Å². The van der Waals surface area contributed by atoms with E-state index in [1.165, 1.54) is 6.92 Å². The van der Waals surface area contributed by atoms with Crippen LogP contribution >= 0.6 is 0 Å². The van der Waals surface area contributed by atoms with Crippen LogP contribution in [0.25, 0.3) is 0 Å². The monoisotopic (exact) mass is 249 g/mol. The SMILES string of the molecule is CCOc1ccc(NC(=O)C(C)=CC(=O)O)cc1. The first-order valence-electron chi connectivity index (χ1n) is 5.48. The van der Waals surface area contributed by atoms with Gasteiger partial charge in [-0.1, -0.05) is 0 Å². The Kier molecular flexibility index (Phi) is 4.92. The summed E-state index contributed by atoms with van der Waals surface area (Å²) in [5.41, 5.74) is 0.720. The molecule has 0 heterocycles. The van der Waals surface area contributed by atoms with Gasteiger partial charge in [0.25, 0.3) is 5.91 Å². The number of amides is 1. The lowest BCUT2D eigenvalue weighted by atomic mass is 10.2. The van der Waals surface area contributed by atoms with Gasteiger partial charge in [0.15, 0.2) is 0 Å². The fraction of sp³-hybridized carbons (Fsp3) is 0.231. The van der Waals surface area contributed by atoms with Gasteiger partial charge in [-0.05, 0) is 38.1 Å². The van der Waals surface area contributed by atoms with Crippen LogP contribution in [0, 0.1) is 0 Å². The molecule has 18 heavy (non-hydrogen) atoms. The largest absolute Gasteiger partial charge is 0.494 e. The van der Waals surface area contributed by atoms with Crippen molar-refractivity contribution in [3.05, 3.63) is 35.9 Å². The maximum absolute atomic E-state index is 11.6. The van der Waals surface area contributed by atoms with E-state index < -0.39 is 11.9 Å². The predicted octanol–water partition coefficient (Wildman–Crippen LogP) is 2.05. The molecular formula is C13H15NO4. The summed E-state index contributed by atoms with van der Waals surface area (Å²) in [5.74, 6) is -0.871. The average Bonchev–Trinajstić information content (AvgIpc) is 2.31. The fourth-order valence-corrected chi connectivity index (χ4v) is 1.28. The Hall–Kier alpha value is -2.30. The van der Waals surface area contributed by atoms with Gasteiger partial charge in [-0.3, -0.25) is 4.79 Å². The molecule has 0 saturated heterocycles. The zero-order chi connectivity index (χ0) is 13.5. The lowest BCUT2D eigenvalue weighted by molar-refractivity contribution is -0.131. The Bertz CT molecular complexity index is 462. The first kappa shape index (κ1) is 13.8. The molecule has 5 heteroatoms. The number of ether oxygens (including phenoxy) is 1. The van der Waals surface area contributed by atoms with Crippen molar-refractivity contribution in [1.29, 1.82) is 0 Å². The number of benzene rings is 1. The van der Waals surface area contributed by atoms with Crippen LogP contribution in [0.2, 0.25) is 0 Å². The molecule has 0 bridgehead atoms. The molecule has 0 atom stereocenters. The summed E-state index contributed by atoms with van der Waals surface area (Å²) in [6.45, 7) is 3.90. The first-order chi connectivity index (χ1) is 8.52. The number of rotatable bonds is 5. The minimum Gasteiger partial charge on any atom is -0.494 e. The molecule has 0 saturated carbocycles. The van der Waals surface area contributed by atoms with Crippen LogP contribution in [0.5, 0.6) is 5.75 Å². The van der Waals surface area contributed by atoms with Crippen molar-refractivity contribution in [3.63, 3.8) is 0 Å². The molecule has 0 spiro atoms. The summed E-state index contributed by atoms with van der Waals surface area (Å²) in [4.78, 5) is 22.0. The van der Waals surface area contributed by atoms with Gasteiger partial charge in [-0.25, -0.2) is 4.79 Å². The summed E-state index contributed by atoms with van der Waals surface area (Å²) < 4.78 is 5.26. The minimum absolute atomic E-state index is 0.136. The molecule has 0 fully saturated rings. The second-order valence-electron chi connectivity index (χ2n) is 3.58. The Balaban J connectivity index is 2.67. The topological polar surface area (TPSA) is 75.6 Å². The van der Waals surface area contributed by atoms with E-state index in [2.05, 4.69) is 5.32 Å². The summed E-state index contributed by atoms with van der Waals surface area (Å²) in [7, 11) is 0. The third-order valence-corrected chi connectivity index (χ3v) is 2.12. The van der Waals surface area contributed by atoms with E-state index in [0.717, 1.165) is 6.08 Å². The van der Waals surface area contributed by atoms with Gasteiger partial charge in [0.05, 0.1) is 6.61 Å². The highest BCUT2D eigenvalue weighted by molar-refractivity contribution is 6.06. The lowest BCUT2D eigenvalue weighted by Gasteiger charge is -2.07. The van der Waals surface area contributed by atoms with Gasteiger partial charge in [0.2, 0.25) is 0 Å². The maximum Gasteiger partial charge on any atom is 0.328 e. The number of carboxylic acid groups (broad SMARTS) is 1. The number of carbonyl (C=O) groups is 2. The molecule has 1 rings (SSSR count).